The molecule has 0 spiro atoms. The van der Waals surface area contributed by atoms with Crippen molar-refractivity contribution in [1.29, 1.82) is 0 Å². The van der Waals surface area contributed by atoms with Gasteiger partial charge in [0, 0.05) is 0 Å². The number of benzene rings is 2. The van der Waals surface area contributed by atoms with E-state index in [1.165, 1.54) is 12.1 Å². The molecule has 0 fully saturated rings. The summed E-state index contributed by atoms with van der Waals surface area (Å²) in [5.74, 6) is 0.133. The van der Waals surface area contributed by atoms with Crippen LogP contribution in [-0.4, -0.2) is 8.42 Å². The van der Waals surface area contributed by atoms with Gasteiger partial charge >= 0.3 is 10.1 Å². The lowest BCUT2D eigenvalue weighted by Crippen LogP contribution is -2.12. The van der Waals surface area contributed by atoms with Crippen LogP contribution >= 0.6 is 11.6 Å². The third-order valence-corrected chi connectivity index (χ3v) is 4.57. The molecule has 0 amide bonds. The average molecular weight is 325 g/mol. The van der Waals surface area contributed by atoms with Crippen molar-refractivity contribution in [3.05, 3.63) is 59.1 Å². The summed E-state index contributed by atoms with van der Waals surface area (Å²) >= 11 is 6.14. The Balaban J connectivity index is 2.33. The summed E-state index contributed by atoms with van der Waals surface area (Å²) in [6.07, 6.45) is 0. The van der Waals surface area contributed by atoms with Crippen molar-refractivity contribution >= 4 is 21.7 Å². The first kappa shape index (κ1) is 15.9. The molecule has 0 saturated heterocycles. The van der Waals surface area contributed by atoms with Crippen molar-refractivity contribution in [2.45, 2.75) is 31.1 Å². The van der Waals surface area contributed by atoms with Crippen molar-refractivity contribution in [2.75, 3.05) is 0 Å². The van der Waals surface area contributed by atoms with Crippen LogP contribution in [0.1, 0.15) is 26.3 Å². The minimum Gasteiger partial charge on any atom is -0.377 e. The highest BCUT2D eigenvalue weighted by atomic mass is 35.5. The Bertz CT molecular complexity index is 732. The summed E-state index contributed by atoms with van der Waals surface area (Å²) in [5, 5.41) is 0.280. The minimum absolute atomic E-state index is 0.0690. The first-order chi connectivity index (χ1) is 9.70. The molecule has 0 aliphatic heterocycles. The van der Waals surface area contributed by atoms with Crippen LogP contribution in [0, 0.1) is 0 Å². The Kier molecular flexibility index (Phi) is 4.30. The van der Waals surface area contributed by atoms with E-state index in [4.69, 9.17) is 15.8 Å². The third kappa shape index (κ3) is 3.77. The fourth-order valence-electron chi connectivity index (χ4n) is 1.79. The summed E-state index contributed by atoms with van der Waals surface area (Å²) < 4.78 is 29.4. The third-order valence-electron chi connectivity index (χ3n) is 3.03. The number of halogens is 1. The van der Waals surface area contributed by atoms with E-state index in [0.29, 0.717) is 0 Å². The molecule has 0 N–H and O–H groups in total. The van der Waals surface area contributed by atoms with E-state index in [1.54, 1.807) is 30.3 Å². The summed E-state index contributed by atoms with van der Waals surface area (Å²) in [4.78, 5) is 0.0981. The molecule has 21 heavy (non-hydrogen) atoms. The molecule has 0 saturated carbocycles. The second-order valence-corrected chi connectivity index (χ2v) is 7.70. The zero-order valence-corrected chi connectivity index (χ0v) is 13.7. The SMILES string of the molecule is CC(C)(C)c1ccc(OS(=O)(=O)c2ccccc2)c(Cl)c1. The molecule has 0 aliphatic carbocycles. The Morgan fingerprint density at radius 3 is 2.14 bits per heavy atom. The van der Waals surface area contributed by atoms with Crippen LogP contribution in [0.2, 0.25) is 5.02 Å². The summed E-state index contributed by atoms with van der Waals surface area (Å²) in [5.41, 5.74) is 0.942. The predicted molar refractivity (Wildman–Crippen MR) is 84.4 cm³/mol. The van der Waals surface area contributed by atoms with Gasteiger partial charge in [-0.2, -0.15) is 8.42 Å². The first-order valence-electron chi connectivity index (χ1n) is 6.50. The molecule has 5 heteroatoms. The second kappa shape index (κ2) is 5.70. The largest absolute Gasteiger partial charge is 0.377 e. The van der Waals surface area contributed by atoms with Gasteiger partial charge in [-0.15, -0.1) is 0 Å². The van der Waals surface area contributed by atoms with Crippen molar-refractivity contribution in [2.24, 2.45) is 0 Å². The molecule has 0 aliphatic rings. The molecule has 0 unspecified atom stereocenters. The predicted octanol–water partition coefficient (Wildman–Crippen LogP) is 4.41. The van der Waals surface area contributed by atoms with Crippen LogP contribution in [0.4, 0.5) is 0 Å². The van der Waals surface area contributed by atoms with Crippen LogP contribution in [0.25, 0.3) is 0 Å². The van der Waals surface area contributed by atoms with Crippen LogP contribution in [0.5, 0.6) is 5.75 Å². The van der Waals surface area contributed by atoms with Gasteiger partial charge in [0.1, 0.15) is 4.90 Å². The van der Waals surface area contributed by atoms with Gasteiger partial charge in [-0.1, -0.05) is 56.6 Å². The lowest BCUT2D eigenvalue weighted by molar-refractivity contribution is 0.485. The quantitative estimate of drug-likeness (QED) is 0.786. The maximum atomic E-state index is 12.2. The van der Waals surface area contributed by atoms with E-state index in [-0.39, 0.29) is 21.1 Å². The summed E-state index contributed by atoms with van der Waals surface area (Å²) in [6, 6.07) is 13.1. The van der Waals surface area contributed by atoms with Gasteiger partial charge < -0.3 is 4.18 Å². The highest BCUT2D eigenvalue weighted by Gasteiger charge is 2.20. The monoisotopic (exact) mass is 324 g/mol. The van der Waals surface area contributed by atoms with Crippen LogP contribution < -0.4 is 4.18 Å². The van der Waals surface area contributed by atoms with E-state index in [2.05, 4.69) is 20.8 Å². The lowest BCUT2D eigenvalue weighted by atomic mass is 9.87. The van der Waals surface area contributed by atoms with Gasteiger partial charge in [0.05, 0.1) is 5.02 Å². The Morgan fingerprint density at radius 1 is 1.00 bits per heavy atom. The van der Waals surface area contributed by atoms with Gasteiger partial charge in [-0.25, -0.2) is 0 Å². The molecule has 0 aromatic heterocycles. The smallest absolute Gasteiger partial charge is 0.339 e. The maximum Gasteiger partial charge on any atom is 0.339 e. The van der Waals surface area contributed by atoms with E-state index < -0.39 is 10.1 Å². The first-order valence-corrected chi connectivity index (χ1v) is 8.28. The van der Waals surface area contributed by atoms with Gasteiger partial charge in [-0.05, 0) is 35.2 Å². The van der Waals surface area contributed by atoms with E-state index in [0.717, 1.165) is 5.56 Å². The average Bonchev–Trinajstić information content (AvgIpc) is 2.41. The molecule has 3 nitrogen and oxygen atoms in total. The standard InChI is InChI=1S/C16H17ClO3S/c1-16(2,3)12-9-10-15(14(17)11-12)20-21(18,19)13-7-5-4-6-8-13/h4-11H,1-3H3. The van der Waals surface area contributed by atoms with Crippen molar-refractivity contribution in [1.82, 2.24) is 0 Å². The van der Waals surface area contributed by atoms with Crippen molar-refractivity contribution < 1.29 is 12.6 Å². The molecular formula is C16H17ClO3S. The van der Waals surface area contributed by atoms with Crippen molar-refractivity contribution in [3.63, 3.8) is 0 Å². The summed E-state index contributed by atoms with van der Waals surface area (Å²) in [7, 11) is -3.87. The van der Waals surface area contributed by atoms with Gasteiger partial charge in [0.15, 0.2) is 5.75 Å². The second-order valence-electron chi connectivity index (χ2n) is 5.75. The molecule has 2 aromatic carbocycles. The van der Waals surface area contributed by atoms with Crippen LogP contribution in [-0.2, 0) is 15.5 Å². The number of rotatable bonds is 3. The fraction of sp³-hybridized carbons (Fsp3) is 0.250. The highest BCUT2D eigenvalue weighted by molar-refractivity contribution is 7.87. The number of hydrogen-bond acceptors (Lipinski definition) is 3. The molecule has 0 radical (unpaired) electrons. The highest BCUT2D eigenvalue weighted by Crippen LogP contribution is 2.32. The topological polar surface area (TPSA) is 43.4 Å². The van der Waals surface area contributed by atoms with Crippen LogP contribution in [0.15, 0.2) is 53.4 Å². The zero-order chi connectivity index (χ0) is 15.7. The van der Waals surface area contributed by atoms with E-state index >= 15 is 0 Å². The Labute approximate surface area is 130 Å². The molecular weight excluding hydrogens is 308 g/mol. The molecule has 2 rings (SSSR count). The molecule has 0 atom stereocenters. The molecule has 112 valence electrons. The van der Waals surface area contributed by atoms with E-state index in [1.807, 2.05) is 6.07 Å². The molecule has 2 aromatic rings. The summed E-state index contributed by atoms with van der Waals surface area (Å²) in [6.45, 7) is 6.17. The Hall–Kier alpha value is -1.52. The van der Waals surface area contributed by atoms with E-state index in [9.17, 15) is 8.42 Å². The normalized spacial score (nSPS) is 12.2. The van der Waals surface area contributed by atoms with Crippen LogP contribution in [0.3, 0.4) is 0 Å². The van der Waals surface area contributed by atoms with Crippen molar-refractivity contribution in [3.8, 4) is 5.75 Å². The fourth-order valence-corrected chi connectivity index (χ4v) is 3.02. The zero-order valence-electron chi connectivity index (χ0n) is 12.1. The molecule has 0 bridgehead atoms. The Morgan fingerprint density at radius 2 is 1.62 bits per heavy atom. The molecule has 0 heterocycles. The number of hydrogen-bond donors (Lipinski definition) is 0. The van der Waals surface area contributed by atoms with Gasteiger partial charge in [0.25, 0.3) is 0 Å². The maximum absolute atomic E-state index is 12.2. The minimum atomic E-state index is -3.87. The van der Waals surface area contributed by atoms with Gasteiger partial charge in [-0.3, -0.25) is 0 Å². The van der Waals surface area contributed by atoms with Gasteiger partial charge in [0.2, 0.25) is 0 Å². The lowest BCUT2D eigenvalue weighted by Gasteiger charge is -2.20.